The third kappa shape index (κ3) is 3.01. The largest absolute Gasteiger partial charge is 0.481 e. The Morgan fingerprint density at radius 1 is 1.26 bits per heavy atom. The fourth-order valence-electron chi connectivity index (χ4n) is 1.61. The molecule has 2 N–H and O–H groups in total. The number of benzene rings is 1. The number of carbonyl (C=O) groups excluding carboxylic acids is 1. The summed E-state index contributed by atoms with van der Waals surface area (Å²) in [5.74, 6) is 1.33. The van der Waals surface area contributed by atoms with E-state index in [-0.39, 0.29) is 5.78 Å². The number of nitrogen functional groups attached to an aromatic ring is 1. The van der Waals surface area contributed by atoms with Crippen LogP contribution in [0.2, 0.25) is 0 Å². The van der Waals surface area contributed by atoms with E-state index in [9.17, 15) is 4.79 Å². The minimum atomic E-state index is -0.108. The van der Waals surface area contributed by atoms with E-state index in [2.05, 4.69) is 4.98 Å². The Morgan fingerprint density at radius 3 is 2.74 bits per heavy atom. The van der Waals surface area contributed by atoms with Gasteiger partial charge in [0.05, 0.1) is 12.7 Å². The van der Waals surface area contributed by atoms with Gasteiger partial charge in [-0.2, -0.15) is 0 Å². The second-order valence-electron chi connectivity index (χ2n) is 3.95. The zero-order valence-corrected chi connectivity index (χ0v) is 10.7. The number of hydrogen-bond donors (Lipinski definition) is 1. The van der Waals surface area contributed by atoms with Crippen LogP contribution in [0.25, 0.3) is 0 Å². The van der Waals surface area contributed by atoms with Crippen LogP contribution in [-0.4, -0.2) is 17.9 Å². The van der Waals surface area contributed by atoms with E-state index in [0.717, 1.165) is 0 Å². The van der Waals surface area contributed by atoms with E-state index in [4.69, 9.17) is 15.2 Å². The molecule has 2 rings (SSSR count). The average Bonchev–Trinajstić information content (AvgIpc) is 2.41. The van der Waals surface area contributed by atoms with Crippen LogP contribution in [-0.2, 0) is 0 Å². The van der Waals surface area contributed by atoms with Crippen molar-refractivity contribution < 1.29 is 14.3 Å². The molecule has 1 aromatic carbocycles. The zero-order chi connectivity index (χ0) is 13.8. The smallest absolute Gasteiger partial charge is 0.216 e. The number of nitrogens with two attached hydrogens (primary N) is 1. The molecule has 0 amide bonds. The Balaban J connectivity index is 2.34. The van der Waals surface area contributed by atoms with Gasteiger partial charge in [0, 0.05) is 18.0 Å². The molecule has 19 heavy (non-hydrogen) atoms. The Morgan fingerprint density at radius 2 is 2.05 bits per heavy atom. The van der Waals surface area contributed by atoms with Gasteiger partial charge in [-0.25, -0.2) is 4.98 Å². The lowest BCUT2D eigenvalue weighted by Gasteiger charge is -2.10. The van der Waals surface area contributed by atoms with Crippen molar-refractivity contribution in [3.63, 3.8) is 0 Å². The third-order valence-electron chi connectivity index (χ3n) is 2.53. The molecule has 1 aromatic heterocycles. The molecule has 1 heterocycles. The molecule has 0 saturated carbocycles. The van der Waals surface area contributed by atoms with Crippen LogP contribution in [0.15, 0.2) is 36.5 Å². The predicted molar refractivity (Wildman–Crippen MR) is 71.7 cm³/mol. The van der Waals surface area contributed by atoms with Gasteiger partial charge < -0.3 is 15.2 Å². The molecule has 0 aliphatic heterocycles. The molecule has 98 valence electrons. The highest BCUT2D eigenvalue weighted by Crippen LogP contribution is 2.28. The van der Waals surface area contributed by atoms with Crippen LogP contribution in [0.1, 0.15) is 17.3 Å². The maximum absolute atomic E-state index is 11.6. The van der Waals surface area contributed by atoms with E-state index in [1.165, 1.54) is 14.0 Å². The molecule has 0 aliphatic rings. The number of hydrogen-bond acceptors (Lipinski definition) is 5. The number of ketones is 1. The first-order valence-electron chi connectivity index (χ1n) is 5.68. The summed E-state index contributed by atoms with van der Waals surface area (Å²) in [6, 6.07) is 8.26. The summed E-state index contributed by atoms with van der Waals surface area (Å²) in [6.45, 7) is 1.47. The number of ether oxygens (including phenoxy) is 2. The van der Waals surface area contributed by atoms with Crippen LogP contribution >= 0.6 is 0 Å². The summed E-state index contributed by atoms with van der Waals surface area (Å²) in [6.07, 6.45) is 1.57. The fourth-order valence-corrected chi connectivity index (χ4v) is 1.61. The van der Waals surface area contributed by atoms with Gasteiger partial charge >= 0.3 is 0 Å². The van der Waals surface area contributed by atoms with Gasteiger partial charge in [0.2, 0.25) is 5.88 Å². The molecule has 0 spiro atoms. The number of Topliss-reactive ketones (excluding diaryl/α,β-unsaturated/α-hetero) is 1. The Bertz CT molecular complexity index is 611. The monoisotopic (exact) mass is 258 g/mol. The topological polar surface area (TPSA) is 74.4 Å². The lowest BCUT2D eigenvalue weighted by atomic mass is 10.1. The van der Waals surface area contributed by atoms with Gasteiger partial charge in [-0.1, -0.05) is 0 Å². The molecule has 0 atom stereocenters. The number of pyridine rings is 1. The number of anilines is 1. The van der Waals surface area contributed by atoms with Crippen molar-refractivity contribution in [2.45, 2.75) is 6.92 Å². The molecule has 0 radical (unpaired) electrons. The van der Waals surface area contributed by atoms with Crippen LogP contribution < -0.4 is 15.2 Å². The van der Waals surface area contributed by atoms with E-state index in [1.54, 1.807) is 36.5 Å². The highest BCUT2D eigenvalue weighted by Gasteiger charge is 2.10. The maximum Gasteiger partial charge on any atom is 0.216 e. The van der Waals surface area contributed by atoms with Crippen molar-refractivity contribution in [2.75, 3.05) is 12.8 Å². The van der Waals surface area contributed by atoms with E-state index >= 15 is 0 Å². The van der Waals surface area contributed by atoms with Crippen molar-refractivity contribution >= 4 is 11.5 Å². The highest BCUT2D eigenvalue weighted by atomic mass is 16.5. The summed E-state index contributed by atoms with van der Waals surface area (Å²) in [4.78, 5) is 15.5. The van der Waals surface area contributed by atoms with E-state index in [1.807, 2.05) is 0 Å². The molecule has 2 aromatic rings. The molecule has 0 saturated heterocycles. The minimum absolute atomic E-state index is 0.108. The van der Waals surface area contributed by atoms with Gasteiger partial charge in [0.25, 0.3) is 0 Å². The SMILES string of the molecule is COc1cc(Oc2ccc(N)cc2C(C)=O)ccn1. The molecule has 5 heteroatoms. The molecular weight excluding hydrogens is 244 g/mol. The Kier molecular flexibility index (Phi) is 3.66. The second-order valence-corrected chi connectivity index (χ2v) is 3.95. The highest BCUT2D eigenvalue weighted by molar-refractivity contribution is 5.97. The number of rotatable bonds is 4. The first-order chi connectivity index (χ1) is 9.10. The van der Waals surface area contributed by atoms with Crippen molar-refractivity contribution in [1.82, 2.24) is 4.98 Å². The zero-order valence-electron chi connectivity index (χ0n) is 10.7. The standard InChI is InChI=1S/C14H14N2O3/c1-9(17)12-7-10(15)3-4-13(12)19-11-5-6-16-14(8-11)18-2/h3-8H,15H2,1-2H3. The molecule has 0 aliphatic carbocycles. The lowest BCUT2D eigenvalue weighted by molar-refractivity contribution is 0.101. The van der Waals surface area contributed by atoms with Gasteiger partial charge in [0.1, 0.15) is 11.5 Å². The van der Waals surface area contributed by atoms with Gasteiger partial charge in [0.15, 0.2) is 5.78 Å². The molecule has 5 nitrogen and oxygen atoms in total. The van der Waals surface area contributed by atoms with Crippen molar-refractivity contribution in [2.24, 2.45) is 0 Å². The first kappa shape index (κ1) is 12.9. The first-order valence-corrected chi connectivity index (χ1v) is 5.68. The number of methoxy groups -OCH3 is 1. The van der Waals surface area contributed by atoms with Crippen molar-refractivity contribution in [3.05, 3.63) is 42.1 Å². The van der Waals surface area contributed by atoms with E-state index < -0.39 is 0 Å². The van der Waals surface area contributed by atoms with Crippen LogP contribution in [0, 0.1) is 0 Å². The second kappa shape index (κ2) is 5.39. The summed E-state index contributed by atoms with van der Waals surface area (Å²) in [5.41, 5.74) is 6.63. The minimum Gasteiger partial charge on any atom is -0.481 e. The predicted octanol–water partition coefficient (Wildman–Crippen LogP) is 2.67. The third-order valence-corrected chi connectivity index (χ3v) is 2.53. The summed E-state index contributed by atoms with van der Waals surface area (Å²) < 4.78 is 10.7. The maximum atomic E-state index is 11.6. The van der Waals surface area contributed by atoms with E-state index in [0.29, 0.717) is 28.6 Å². The van der Waals surface area contributed by atoms with Crippen LogP contribution in [0.3, 0.4) is 0 Å². The van der Waals surface area contributed by atoms with Crippen molar-refractivity contribution in [3.8, 4) is 17.4 Å². The Labute approximate surface area is 111 Å². The fraction of sp³-hybridized carbons (Fsp3) is 0.143. The number of carbonyl (C=O) groups is 1. The lowest BCUT2D eigenvalue weighted by Crippen LogP contribution is -1.99. The van der Waals surface area contributed by atoms with Gasteiger partial charge in [-0.3, -0.25) is 4.79 Å². The molecule has 0 fully saturated rings. The van der Waals surface area contributed by atoms with Crippen molar-refractivity contribution in [1.29, 1.82) is 0 Å². The van der Waals surface area contributed by atoms with Crippen LogP contribution in [0.5, 0.6) is 17.4 Å². The number of aromatic nitrogens is 1. The normalized spacial score (nSPS) is 10.0. The molecule has 0 unspecified atom stereocenters. The summed E-state index contributed by atoms with van der Waals surface area (Å²) in [7, 11) is 1.52. The Hall–Kier alpha value is -2.56. The quantitative estimate of drug-likeness (QED) is 0.674. The molecule has 0 bridgehead atoms. The summed E-state index contributed by atoms with van der Waals surface area (Å²) in [5, 5.41) is 0. The molecular formula is C14H14N2O3. The van der Waals surface area contributed by atoms with Gasteiger partial charge in [-0.15, -0.1) is 0 Å². The van der Waals surface area contributed by atoms with Gasteiger partial charge in [-0.05, 0) is 31.2 Å². The summed E-state index contributed by atoms with van der Waals surface area (Å²) >= 11 is 0. The average molecular weight is 258 g/mol. The number of nitrogens with zero attached hydrogens (tertiary/aromatic N) is 1. The van der Waals surface area contributed by atoms with Crippen LogP contribution in [0.4, 0.5) is 5.69 Å².